The van der Waals surface area contributed by atoms with Crippen LogP contribution in [-0.2, 0) is 17.3 Å². The molecule has 3 aromatic rings. The van der Waals surface area contributed by atoms with Crippen molar-refractivity contribution in [1.29, 1.82) is 0 Å². The second kappa shape index (κ2) is 7.83. The number of aromatic nitrogens is 3. The number of furan rings is 1. The van der Waals surface area contributed by atoms with E-state index in [-0.39, 0.29) is 11.3 Å². The molecule has 0 spiro atoms. The minimum atomic E-state index is 0.0243. The van der Waals surface area contributed by atoms with Crippen molar-refractivity contribution >= 4 is 17.7 Å². The second-order valence-corrected chi connectivity index (χ2v) is 8.26. The largest absolute Gasteiger partial charge is 0.469 e. The van der Waals surface area contributed by atoms with Crippen molar-refractivity contribution in [3.63, 3.8) is 0 Å². The zero-order valence-electron chi connectivity index (χ0n) is 16.1. The molecule has 1 aliphatic rings. The fraction of sp³-hybridized carbons (Fsp3) is 0.381. The maximum absolute atomic E-state index is 12.4. The van der Waals surface area contributed by atoms with Crippen LogP contribution < -0.4 is 5.32 Å². The molecule has 0 aliphatic heterocycles. The van der Waals surface area contributed by atoms with E-state index in [9.17, 15) is 4.79 Å². The molecule has 0 saturated heterocycles. The quantitative estimate of drug-likeness (QED) is 0.616. The maximum atomic E-state index is 12.4. The molecule has 4 rings (SSSR count). The number of aryl methyl sites for hydroxylation is 1. The molecule has 2 heterocycles. The number of rotatable bonds is 7. The Morgan fingerprint density at radius 1 is 1.25 bits per heavy atom. The molecule has 1 amide bonds. The van der Waals surface area contributed by atoms with Gasteiger partial charge in [0.2, 0.25) is 5.91 Å². The lowest BCUT2D eigenvalue weighted by Gasteiger charge is -2.42. The van der Waals surface area contributed by atoms with Crippen molar-refractivity contribution in [3.8, 4) is 11.4 Å². The zero-order chi connectivity index (χ0) is 19.6. The summed E-state index contributed by atoms with van der Waals surface area (Å²) < 4.78 is 7.24. The summed E-state index contributed by atoms with van der Waals surface area (Å²) in [6, 6.07) is 12.4. The van der Waals surface area contributed by atoms with E-state index in [1.165, 1.54) is 23.7 Å². The number of thioether (sulfide) groups is 1. The minimum absolute atomic E-state index is 0.0243. The SMILES string of the molecule is Cc1occc1-c1nnc(SCC(=O)NCC2(c3ccccc3)CCC2)n1C. The van der Waals surface area contributed by atoms with E-state index in [1.807, 2.05) is 30.7 Å². The van der Waals surface area contributed by atoms with E-state index in [4.69, 9.17) is 4.42 Å². The van der Waals surface area contributed by atoms with Crippen LogP contribution in [-0.4, -0.2) is 33.0 Å². The first-order valence-electron chi connectivity index (χ1n) is 9.48. The molecule has 0 radical (unpaired) electrons. The number of nitrogens with zero attached hydrogens (tertiary/aromatic N) is 3. The van der Waals surface area contributed by atoms with Gasteiger partial charge in [0.05, 0.1) is 17.6 Å². The first-order valence-corrected chi connectivity index (χ1v) is 10.5. The molecule has 2 aromatic heterocycles. The molecular weight excluding hydrogens is 372 g/mol. The molecule has 0 bridgehead atoms. The highest BCUT2D eigenvalue weighted by Gasteiger charge is 2.38. The van der Waals surface area contributed by atoms with E-state index in [1.54, 1.807) is 6.26 Å². The van der Waals surface area contributed by atoms with Gasteiger partial charge in [-0.1, -0.05) is 48.5 Å². The number of benzene rings is 1. The maximum Gasteiger partial charge on any atom is 0.230 e. The highest BCUT2D eigenvalue weighted by Crippen LogP contribution is 2.43. The van der Waals surface area contributed by atoms with Crippen molar-refractivity contribution in [2.75, 3.05) is 12.3 Å². The van der Waals surface area contributed by atoms with Gasteiger partial charge in [0.25, 0.3) is 0 Å². The lowest BCUT2D eigenvalue weighted by molar-refractivity contribution is -0.119. The molecule has 7 heteroatoms. The van der Waals surface area contributed by atoms with Crippen molar-refractivity contribution in [2.45, 2.75) is 36.8 Å². The Balaban J connectivity index is 1.34. The van der Waals surface area contributed by atoms with Crippen molar-refractivity contribution < 1.29 is 9.21 Å². The van der Waals surface area contributed by atoms with Crippen LogP contribution in [0, 0.1) is 6.92 Å². The van der Waals surface area contributed by atoms with Gasteiger partial charge in [-0.15, -0.1) is 10.2 Å². The van der Waals surface area contributed by atoms with Gasteiger partial charge < -0.3 is 14.3 Å². The molecule has 6 nitrogen and oxygen atoms in total. The molecular formula is C21H24N4O2S. The van der Waals surface area contributed by atoms with E-state index in [0.29, 0.717) is 17.5 Å². The molecule has 1 aliphatic carbocycles. The number of hydrogen-bond donors (Lipinski definition) is 1. The Hall–Kier alpha value is -2.54. The molecule has 1 fully saturated rings. The van der Waals surface area contributed by atoms with Gasteiger partial charge in [0.15, 0.2) is 11.0 Å². The summed E-state index contributed by atoms with van der Waals surface area (Å²) in [4.78, 5) is 12.4. The van der Waals surface area contributed by atoms with Crippen LogP contribution in [0.15, 0.2) is 52.2 Å². The van der Waals surface area contributed by atoms with Crippen molar-refractivity contribution in [1.82, 2.24) is 20.1 Å². The summed E-state index contributed by atoms with van der Waals surface area (Å²) >= 11 is 1.40. The Bertz CT molecular complexity index is 960. The predicted molar refractivity (Wildman–Crippen MR) is 109 cm³/mol. The monoisotopic (exact) mass is 396 g/mol. The molecule has 1 aromatic carbocycles. The Morgan fingerprint density at radius 3 is 2.68 bits per heavy atom. The third-order valence-electron chi connectivity index (χ3n) is 5.59. The molecule has 1 saturated carbocycles. The first-order chi connectivity index (χ1) is 13.6. The number of carbonyl (C=O) groups is 1. The normalized spacial score (nSPS) is 15.2. The third kappa shape index (κ3) is 3.58. The van der Waals surface area contributed by atoms with Crippen LogP contribution in [0.5, 0.6) is 0 Å². The topological polar surface area (TPSA) is 72.9 Å². The highest BCUT2D eigenvalue weighted by atomic mass is 32.2. The van der Waals surface area contributed by atoms with E-state index >= 15 is 0 Å². The number of hydrogen-bond acceptors (Lipinski definition) is 5. The smallest absolute Gasteiger partial charge is 0.230 e. The average Bonchev–Trinajstić information content (AvgIpc) is 3.25. The van der Waals surface area contributed by atoms with Crippen LogP contribution in [0.4, 0.5) is 0 Å². The van der Waals surface area contributed by atoms with E-state index in [0.717, 1.165) is 30.0 Å². The van der Waals surface area contributed by atoms with Crippen molar-refractivity contribution in [2.24, 2.45) is 7.05 Å². The third-order valence-corrected chi connectivity index (χ3v) is 6.61. The Morgan fingerprint density at radius 2 is 2.04 bits per heavy atom. The van der Waals surface area contributed by atoms with Crippen LogP contribution in [0.1, 0.15) is 30.6 Å². The van der Waals surface area contributed by atoms with Crippen LogP contribution >= 0.6 is 11.8 Å². The number of carbonyl (C=O) groups excluding carboxylic acids is 1. The summed E-state index contributed by atoms with van der Waals surface area (Å²) in [6.07, 6.45) is 5.11. The zero-order valence-corrected chi connectivity index (χ0v) is 17.0. The van der Waals surface area contributed by atoms with Gasteiger partial charge in [-0.25, -0.2) is 0 Å². The molecule has 0 unspecified atom stereocenters. The molecule has 1 N–H and O–H groups in total. The summed E-state index contributed by atoms with van der Waals surface area (Å²) in [5.41, 5.74) is 2.34. The molecule has 28 heavy (non-hydrogen) atoms. The fourth-order valence-corrected chi connectivity index (χ4v) is 4.44. The minimum Gasteiger partial charge on any atom is -0.469 e. The Kier molecular flexibility index (Phi) is 5.26. The Labute approximate surface area is 168 Å². The standard InChI is InChI=1S/C21H24N4O2S/c1-15-17(9-12-27-15)19-23-24-20(25(19)2)28-13-18(26)22-14-21(10-6-11-21)16-7-4-3-5-8-16/h3-5,7-9,12H,6,10-11,13-14H2,1-2H3,(H,22,26). The summed E-state index contributed by atoms with van der Waals surface area (Å²) in [5.74, 6) is 1.89. The highest BCUT2D eigenvalue weighted by molar-refractivity contribution is 7.99. The van der Waals surface area contributed by atoms with Gasteiger partial charge in [-0.3, -0.25) is 4.79 Å². The average molecular weight is 397 g/mol. The van der Waals surface area contributed by atoms with Gasteiger partial charge in [0, 0.05) is 19.0 Å². The van der Waals surface area contributed by atoms with Crippen LogP contribution in [0.25, 0.3) is 11.4 Å². The summed E-state index contributed by atoms with van der Waals surface area (Å²) in [6.45, 7) is 2.59. The van der Waals surface area contributed by atoms with E-state index < -0.39 is 0 Å². The second-order valence-electron chi connectivity index (χ2n) is 7.32. The molecule has 0 atom stereocenters. The lowest BCUT2D eigenvalue weighted by atomic mass is 9.64. The van der Waals surface area contributed by atoms with Crippen molar-refractivity contribution in [3.05, 3.63) is 54.0 Å². The summed E-state index contributed by atoms with van der Waals surface area (Å²) in [5, 5.41) is 12.3. The van der Waals surface area contributed by atoms with Gasteiger partial charge in [-0.05, 0) is 31.4 Å². The van der Waals surface area contributed by atoms with Gasteiger partial charge in [-0.2, -0.15) is 0 Å². The van der Waals surface area contributed by atoms with Gasteiger partial charge >= 0.3 is 0 Å². The first kappa shape index (κ1) is 18.8. The lowest BCUT2D eigenvalue weighted by Crippen LogP contribution is -2.46. The van der Waals surface area contributed by atoms with E-state index in [2.05, 4.69) is 39.8 Å². The van der Waals surface area contributed by atoms with Crippen LogP contribution in [0.2, 0.25) is 0 Å². The van der Waals surface area contributed by atoms with Gasteiger partial charge in [0.1, 0.15) is 5.76 Å². The fourth-order valence-electron chi connectivity index (χ4n) is 3.70. The number of nitrogens with one attached hydrogen (secondary N) is 1. The summed E-state index contributed by atoms with van der Waals surface area (Å²) in [7, 11) is 1.90. The van der Waals surface area contributed by atoms with Crippen LogP contribution in [0.3, 0.4) is 0 Å². The predicted octanol–water partition coefficient (Wildman–Crippen LogP) is 3.71. The number of amides is 1. The molecule has 146 valence electrons.